The fourth-order valence-corrected chi connectivity index (χ4v) is 5.38. The van der Waals surface area contributed by atoms with Crippen molar-refractivity contribution in [2.45, 2.75) is 50.7 Å². The van der Waals surface area contributed by atoms with Gasteiger partial charge in [0.2, 0.25) is 18.6 Å². The van der Waals surface area contributed by atoms with E-state index in [1.54, 1.807) is 16.2 Å². The number of carbonyl (C=O) groups is 2. The van der Waals surface area contributed by atoms with E-state index in [-0.39, 0.29) is 31.1 Å². The summed E-state index contributed by atoms with van der Waals surface area (Å²) < 4.78 is 11.0. The lowest BCUT2D eigenvalue weighted by molar-refractivity contribution is -0.141. The summed E-state index contributed by atoms with van der Waals surface area (Å²) in [4.78, 5) is 30.1. The molecule has 2 heterocycles. The number of benzene rings is 2. The summed E-state index contributed by atoms with van der Waals surface area (Å²) in [7, 11) is 0. The van der Waals surface area contributed by atoms with Crippen LogP contribution in [0.2, 0.25) is 0 Å². The first kappa shape index (κ1) is 22.5. The SMILES string of the molecule is O=C(NC1CCCC1)[C@@H](c1ccccc1)N(Cc1ccc2c(c1)OCO2)C(=O)Cc1cccs1. The van der Waals surface area contributed by atoms with Gasteiger partial charge in [-0.25, -0.2) is 0 Å². The molecule has 176 valence electrons. The van der Waals surface area contributed by atoms with Crippen molar-refractivity contribution in [3.8, 4) is 11.5 Å². The molecule has 1 aromatic heterocycles. The topological polar surface area (TPSA) is 67.9 Å². The molecule has 1 aliphatic carbocycles. The molecule has 2 aromatic carbocycles. The summed E-state index contributed by atoms with van der Waals surface area (Å²) in [6.07, 6.45) is 4.47. The first-order chi connectivity index (χ1) is 16.7. The first-order valence-electron chi connectivity index (χ1n) is 11.7. The van der Waals surface area contributed by atoms with Gasteiger partial charge in [-0.2, -0.15) is 0 Å². The minimum absolute atomic E-state index is 0.0875. The lowest BCUT2D eigenvalue weighted by Crippen LogP contribution is -2.46. The zero-order valence-corrected chi connectivity index (χ0v) is 19.8. The molecule has 5 rings (SSSR count). The minimum atomic E-state index is -0.723. The Balaban J connectivity index is 1.48. The van der Waals surface area contributed by atoms with E-state index in [0.29, 0.717) is 18.0 Å². The first-order valence-corrected chi connectivity index (χ1v) is 12.6. The van der Waals surface area contributed by atoms with E-state index in [2.05, 4.69) is 5.32 Å². The molecule has 2 aliphatic rings. The molecule has 1 N–H and O–H groups in total. The van der Waals surface area contributed by atoms with Crippen LogP contribution in [0.3, 0.4) is 0 Å². The molecule has 1 atom stereocenters. The molecular weight excluding hydrogens is 448 g/mol. The van der Waals surface area contributed by atoms with E-state index in [1.165, 1.54) is 0 Å². The summed E-state index contributed by atoms with van der Waals surface area (Å²) in [5, 5.41) is 5.19. The molecule has 34 heavy (non-hydrogen) atoms. The van der Waals surface area contributed by atoms with Crippen molar-refractivity contribution in [1.82, 2.24) is 10.2 Å². The molecule has 2 amide bonds. The van der Waals surface area contributed by atoms with Crippen LogP contribution in [0.4, 0.5) is 0 Å². The van der Waals surface area contributed by atoms with E-state index in [1.807, 2.05) is 66.0 Å². The third kappa shape index (κ3) is 5.09. The number of nitrogens with zero attached hydrogens (tertiary/aromatic N) is 1. The quantitative estimate of drug-likeness (QED) is 0.505. The smallest absolute Gasteiger partial charge is 0.247 e. The molecule has 0 spiro atoms. The zero-order chi connectivity index (χ0) is 23.3. The maximum atomic E-state index is 13.7. The molecule has 0 radical (unpaired) electrons. The number of rotatable bonds is 8. The van der Waals surface area contributed by atoms with Gasteiger partial charge in [-0.05, 0) is 47.5 Å². The summed E-state index contributed by atoms with van der Waals surface area (Å²) in [6, 6.07) is 18.6. The number of hydrogen-bond acceptors (Lipinski definition) is 5. The molecule has 0 bridgehead atoms. The van der Waals surface area contributed by atoms with E-state index in [0.717, 1.165) is 41.7 Å². The summed E-state index contributed by atoms with van der Waals surface area (Å²) in [5.74, 6) is 1.14. The molecule has 6 nitrogen and oxygen atoms in total. The van der Waals surface area contributed by atoms with Crippen LogP contribution in [0.15, 0.2) is 66.0 Å². The number of thiophene rings is 1. The van der Waals surface area contributed by atoms with Crippen LogP contribution in [0.25, 0.3) is 0 Å². The van der Waals surface area contributed by atoms with Gasteiger partial charge in [-0.15, -0.1) is 11.3 Å². The lowest BCUT2D eigenvalue weighted by Gasteiger charge is -2.32. The molecule has 1 saturated carbocycles. The van der Waals surface area contributed by atoms with Crippen molar-refractivity contribution >= 4 is 23.2 Å². The second-order valence-corrected chi connectivity index (χ2v) is 9.80. The number of nitrogens with one attached hydrogen (secondary N) is 1. The van der Waals surface area contributed by atoms with Crippen molar-refractivity contribution in [2.75, 3.05) is 6.79 Å². The summed E-state index contributed by atoms with van der Waals surface area (Å²) in [5.41, 5.74) is 1.69. The van der Waals surface area contributed by atoms with Crippen LogP contribution in [0.5, 0.6) is 11.5 Å². The molecule has 0 saturated heterocycles. The number of carbonyl (C=O) groups excluding carboxylic acids is 2. The maximum absolute atomic E-state index is 13.7. The average Bonchev–Trinajstić information content (AvgIpc) is 3.62. The van der Waals surface area contributed by atoms with E-state index in [9.17, 15) is 9.59 Å². The highest BCUT2D eigenvalue weighted by molar-refractivity contribution is 7.10. The fraction of sp³-hybridized carbons (Fsp3) is 0.333. The van der Waals surface area contributed by atoms with Gasteiger partial charge >= 0.3 is 0 Å². The number of hydrogen-bond donors (Lipinski definition) is 1. The van der Waals surface area contributed by atoms with E-state index < -0.39 is 6.04 Å². The van der Waals surface area contributed by atoms with Crippen molar-refractivity contribution < 1.29 is 19.1 Å². The van der Waals surface area contributed by atoms with Gasteiger partial charge in [0.1, 0.15) is 6.04 Å². The van der Waals surface area contributed by atoms with Gasteiger partial charge in [0.05, 0.1) is 6.42 Å². The Morgan fingerprint density at radius 3 is 2.56 bits per heavy atom. The highest BCUT2D eigenvalue weighted by Gasteiger charge is 2.33. The van der Waals surface area contributed by atoms with Crippen LogP contribution >= 0.6 is 11.3 Å². The molecule has 0 unspecified atom stereocenters. The van der Waals surface area contributed by atoms with Gasteiger partial charge in [0, 0.05) is 17.5 Å². The minimum Gasteiger partial charge on any atom is -0.454 e. The van der Waals surface area contributed by atoms with Crippen LogP contribution in [0.1, 0.15) is 47.7 Å². The Labute approximate surface area is 203 Å². The van der Waals surface area contributed by atoms with Gasteiger partial charge in [-0.1, -0.05) is 55.3 Å². The third-order valence-corrected chi connectivity index (χ3v) is 7.27. The Bertz CT molecular complexity index is 1130. The largest absolute Gasteiger partial charge is 0.454 e. The predicted molar refractivity (Wildman–Crippen MR) is 131 cm³/mol. The highest BCUT2D eigenvalue weighted by atomic mass is 32.1. The molecule has 7 heteroatoms. The van der Waals surface area contributed by atoms with E-state index >= 15 is 0 Å². The highest BCUT2D eigenvalue weighted by Crippen LogP contribution is 2.34. The van der Waals surface area contributed by atoms with E-state index in [4.69, 9.17) is 9.47 Å². The fourth-order valence-electron chi connectivity index (χ4n) is 4.68. The standard InChI is InChI=1S/C27H28N2O4S/c30-25(16-22-11-6-14-34-22)29(17-19-12-13-23-24(15-19)33-18-32-23)26(20-7-2-1-3-8-20)27(31)28-21-9-4-5-10-21/h1-3,6-8,11-15,21,26H,4-5,9-10,16-18H2,(H,28,31)/t26-/m1/s1. The Hall–Kier alpha value is -3.32. The third-order valence-electron chi connectivity index (χ3n) is 6.39. The van der Waals surface area contributed by atoms with Gasteiger partial charge in [0.15, 0.2) is 11.5 Å². The summed E-state index contributed by atoms with van der Waals surface area (Å²) >= 11 is 1.55. The summed E-state index contributed by atoms with van der Waals surface area (Å²) in [6.45, 7) is 0.481. The van der Waals surface area contributed by atoms with Gasteiger partial charge in [0.25, 0.3) is 0 Å². The maximum Gasteiger partial charge on any atom is 0.247 e. The van der Waals surface area contributed by atoms with Crippen molar-refractivity contribution in [3.05, 3.63) is 82.0 Å². The Kier molecular flexibility index (Phi) is 6.81. The Morgan fingerprint density at radius 2 is 1.79 bits per heavy atom. The van der Waals surface area contributed by atoms with Crippen LogP contribution in [-0.2, 0) is 22.6 Å². The second kappa shape index (κ2) is 10.3. The van der Waals surface area contributed by atoms with Crippen molar-refractivity contribution in [3.63, 3.8) is 0 Å². The van der Waals surface area contributed by atoms with Gasteiger partial charge in [-0.3, -0.25) is 9.59 Å². The predicted octanol–water partition coefficient (Wildman–Crippen LogP) is 4.85. The van der Waals surface area contributed by atoms with Crippen LogP contribution in [0, 0.1) is 0 Å². The zero-order valence-electron chi connectivity index (χ0n) is 18.9. The molecular formula is C27H28N2O4S. The molecule has 1 aliphatic heterocycles. The van der Waals surface area contributed by atoms with Crippen molar-refractivity contribution in [2.24, 2.45) is 0 Å². The number of ether oxygens (including phenoxy) is 2. The lowest BCUT2D eigenvalue weighted by atomic mass is 10.0. The van der Waals surface area contributed by atoms with Crippen molar-refractivity contribution in [1.29, 1.82) is 0 Å². The average molecular weight is 477 g/mol. The second-order valence-electron chi connectivity index (χ2n) is 8.77. The Morgan fingerprint density at radius 1 is 1.00 bits per heavy atom. The van der Waals surface area contributed by atoms with Gasteiger partial charge < -0.3 is 19.7 Å². The monoisotopic (exact) mass is 476 g/mol. The number of fused-ring (bicyclic) bond motifs is 1. The van der Waals surface area contributed by atoms with Crippen LogP contribution < -0.4 is 14.8 Å². The molecule has 3 aromatic rings. The normalized spacial score (nSPS) is 15.8. The number of amides is 2. The molecule has 1 fully saturated rings. The van der Waals surface area contributed by atoms with Crippen LogP contribution in [-0.4, -0.2) is 29.5 Å².